The van der Waals surface area contributed by atoms with Crippen molar-refractivity contribution >= 4 is 0 Å². The van der Waals surface area contributed by atoms with Gasteiger partial charge in [0.15, 0.2) is 0 Å². The predicted octanol–water partition coefficient (Wildman–Crippen LogP) is 1.55. The standard InChI is InChI=1S/C12H25NO2/c1-3-15-9-10(2)13-8-11-6-4-5-7-12(11)14/h10-14H,3-9H2,1-2H3. The summed E-state index contributed by atoms with van der Waals surface area (Å²) in [5.41, 5.74) is 0. The quantitative estimate of drug-likeness (QED) is 0.706. The van der Waals surface area contributed by atoms with Crippen molar-refractivity contribution in [3.63, 3.8) is 0 Å². The molecule has 1 aliphatic carbocycles. The lowest BCUT2D eigenvalue weighted by Crippen LogP contribution is -2.39. The number of aliphatic hydroxyl groups excluding tert-OH is 1. The van der Waals surface area contributed by atoms with Gasteiger partial charge in [0.2, 0.25) is 0 Å². The fourth-order valence-corrected chi connectivity index (χ4v) is 2.13. The van der Waals surface area contributed by atoms with Gasteiger partial charge in [-0.25, -0.2) is 0 Å². The Bertz CT molecular complexity index is 164. The third-order valence-electron chi connectivity index (χ3n) is 3.17. The van der Waals surface area contributed by atoms with E-state index in [0.717, 1.165) is 32.6 Å². The van der Waals surface area contributed by atoms with Gasteiger partial charge in [0.25, 0.3) is 0 Å². The molecule has 1 rings (SSSR count). The second kappa shape index (κ2) is 7.20. The van der Waals surface area contributed by atoms with Crippen molar-refractivity contribution in [2.45, 2.75) is 51.7 Å². The first kappa shape index (κ1) is 12.9. The van der Waals surface area contributed by atoms with E-state index in [4.69, 9.17) is 4.74 Å². The van der Waals surface area contributed by atoms with Gasteiger partial charge in [-0.15, -0.1) is 0 Å². The molecule has 0 amide bonds. The Kier molecular flexibility index (Phi) is 6.22. The average molecular weight is 215 g/mol. The zero-order valence-corrected chi connectivity index (χ0v) is 10.0. The average Bonchev–Trinajstić information content (AvgIpc) is 2.25. The molecule has 0 saturated heterocycles. The number of hydrogen-bond acceptors (Lipinski definition) is 3. The molecule has 1 aliphatic rings. The van der Waals surface area contributed by atoms with Crippen LogP contribution in [0.25, 0.3) is 0 Å². The number of hydrogen-bond donors (Lipinski definition) is 2. The van der Waals surface area contributed by atoms with E-state index in [9.17, 15) is 5.11 Å². The molecule has 0 radical (unpaired) electrons. The van der Waals surface area contributed by atoms with Gasteiger partial charge in [0, 0.05) is 19.2 Å². The van der Waals surface area contributed by atoms with Crippen LogP contribution in [0.4, 0.5) is 0 Å². The van der Waals surface area contributed by atoms with Crippen molar-refractivity contribution in [1.82, 2.24) is 5.32 Å². The lowest BCUT2D eigenvalue weighted by atomic mass is 9.86. The minimum absolute atomic E-state index is 0.0921. The van der Waals surface area contributed by atoms with Gasteiger partial charge < -0.3 is 15.2 Å². The number of nitrogens with one attached hydrogen (secondary N) is 1. The van der Waals surface area contributed by atoms with Crippen LogP contribution in [0.15, 0.2) is 0 Å². The van der Waals surface area contributed by atoms with Crippen molar-refractivity contribution < 1.29 is 9.84 Å². The van der Waals surface area contributed by atoms with Gasteiger partial charge in [0.05, 0.1) is 12.7 Å². The maximum atomic E-state index is 9.79. The highest BCUT2D eigenvalue weighted by atomic mass is 16.5. The molecule has 3 nitrogen and oxygen atoms in total. The van der Waals surface area contributed by atoms with Gasteiger partial charge in [-0.1, -0.05) is 12.8 Å². The molecule has 0 aromatic rings. The van der Waals surface area contributed by atoms with E-state index in [1.54, 1.807) is 0 Å². The molecule has 2 N–H and O–H groups in total. The first-order valence-corrected chi connectivity index (χ1v) is 6.23. The summed E-state index contributed by atoms with van der Waals surface area (Å²) in [6.07, 6.45) is 4.50. The lowest BCUT2D eigenvalue weighted by Gasteiger charge is -2.28. The van der Waals surface area contributed by atoms with Crippen molar-refractivity contribution in [1.29, 1.82) is 0 Å². The second-order valence-corrected chi connectivity index (χ2v) is 4.58. The third kappa shape index (κ3) is 4.96. The predicted molar refractivity (Wildman–Crippen MR) is 61.9 cm³/mol. The van der Waals surface area contributed by atoms with Gasteiger partial charge in [-0.05, 0) is 32.6 Å². The van der Waals surface area contributed by atoms with Gasteiger partial charge in [-0.2, -0.15) is 0 Å². The Hall–Kier alpha value is -0.120. The highest BCUT2D eigenvalue weighted by molar-refractivity contribution is 4.77. The van der Waals surface area contributed by atoms with Crippen molar-refractivity contribution in [3.8, 4) is 0 Å². The number of aliphatic hydroxyl groups is 1. The Morgan fingerprint density at radius 3 is 2.80 bits per heavy atom. The summed E-state index contributed by atoms with van der Waals surface area (Å²) in [6, 6.07) is 0.388. The van der Waals surface area contributed by atoms with Crippen LogP contribution in [0.1, 0.15) is 39.5 Å². The van der Waals surface area contributed by atoms with Crippen LogP contribution >= 0.6 is 0 Å². The third-order valence-corrected chi connectivity index (χ3v) is 3.17. The molecule has 0 aromatic heterocycles. The molecule has 0 spiro atoms. The van der Waals surface area contributed by atoms with Crippen molar-refractivity contribution in [3.05, 3.63) is 0 Å². The van der Waals surface area contributed by atoms with Crippen LogP contribution in [0, 0.1) is 5.92 Å². The minimum atomic E-state index is -0.0921. The molecular formula is C12H25NO2. The van der Waals surface area contributed by atoms with E-state index < -0.39 is 0 Å². The molecule has 0 bridgehead atoms. The molecule has 1 fully saturated rings. The van der Waals surface area contributed by atoms with Crippen LogP contribution in [0.5, 0.6) is 0 Å². The molecule has 0 aromatic carbocycles. The summed E-state index contributed by atoms with van der Waals surface area (Å²) in [4.78, 5) is 0. The molecule has 15 heavy (non-hydrogen) atoms. The normalized spacial score (nSPS) is 29.0. The van der Waals surface area contributed by atoms with Gasteiger partial charge >= 0.3 is 0 Å². The molecule has 0 heterocycles. The molecule has 3 heteroatoms. The highest BCUT2D eigenvalue weighted by Gasteiger charge is 2.22. The van der Waals surface area contributed by atoms with E-state index in [2.05, 4.69) is 12.2 Å². The van der Waals surface area contributed by atoms with Crippen LogP contribution in [0.2, 0.25) is 0 Å². The Labute approximate surface area is 93.2 Å². The van der Waals surface area contributed by atoms with Crippen LogP contribution in [-0.2, 0) is 4.74 Å². The number of rotatable bonds is 6. The maximum Gasteiger partial charge on any atom is 0.0616 e. The molecule has 3 unspecified atom stereocenters. The molecular weight excluding hydrogens is 190 g/mol. The SMILES string of the molecule is CCOCC(C)NCC1CCCCC1O. The summed E-state index contributed by atoms with van der Waals surface area (Å²) in [6.45, 7) is 6.61. The van der Waals surface area contributed by atoms with E-state index in [1.807, 2.05) is 6.92 Å². The fourth-order valence-electron chi connectivity index (χ4n) is 2.13. The largest absolute Gasteiger partial charge is 0.393 e. The van der Waals surface area contributed by atoms with Crippen molar-refractivity contribution in [2.75, 3.05) is 19.8 Å². The van der Waals surface area contributed by atoms with Gasteiger partial charge in [0.1, 0.15) is 0 Å². The Morgan fingerprint density at radius 1 is 1.40 bits per heavy atom. The van der Waals surface area contributed by atoms with E-state index >= 15 is 0 Å². The summed E-state index contributed by atoms with van der Waals surface area (Å²) >= 11 is 0. The molecule has 1 saturated carbocycles. The smallest absolute Gasteiger partial charge is 0.0616 e. The molecule has 90 valence electrons. The molecule has 3 atom stereocenters. The van der Waals surface area contributed by atoms with E-state index in [1.165, 1.54) is 12.8 Å². The van der Waals surface area contributed by atoms with Crippen LogP contribution in [-0.4, -0.2) is 37.0 Å². The maximum absolute atomic E-state index is 9.79. The van der Waals surface area contributed by atoms with E-state index in [-0.39, 0.29) is 6.10 Å². The lowest BCUT2D eigenvalue weighted by molar-refractivity contribution is 0.0639. The topological polar surface area (TPSA) is 41.5 Å². The first-order valence-electron chi connectivity index (χ1n) is 6.23. The monoisotopic (exact) mass is 215 g/mol. The fraction of sp³-hybridized carbons (Fsp3) is 1.00. The summed E-state index contributed by atoms with van der Waals surface area (Å²) in [5.74, 6) is 0.447. The van der Waals surface area contributed by atoms with Crippen LogP contribution < -0.4 is 5.32 Å². The molecule has 0 aliphatic heterocycles. The van der Waals surface area contributed by atoms with E-state index in [0.29, 0.717) is 12.0 Å². The van der Waals surface area contributed by atoms with Gasteiger partial charge in [-0.3, -0.25) is 0 Å². The number of ether oxygens (including phenoxy) is 1. The zero-order valence-electron chi connectivity index (χ0n) is 10.0. The summed E-state index contributed by atoms with van der Waals surface area (Å²) in [5, 5.41) is 13.2. The summed E-state index contributed by atoms with van der Waals surface area (Å²) in [7, 11) is 0. The van der Waals surface area contributed by atoms with Crippen molar-refractivity contribution in [2.24, 2.45) is 5.92 Å². The second-order valence-electron chi connectivity index (χ2n) is 4.58. The Morgan fingerprint density at radius 2 is 2.13 bits per heavy atom. The van der Waals surface area contributed by atoms with Crippen LogP contribution in [0.3, 0.4) is 0 Å². The summed E-state index contributed by atoms with van der Waals surface area (Å²) < 4.78 is 5.34. The first-order chi connectivity index (χ1) is 7.24. The minimum Gasteiger partial charge on any atom is -0.393 e. The zero-order chi connectivity index (χ0) is 11.1. The highest BCUT2D eigenvalue weighted by Crippen LogP contribution is 2.23. The Balaban J connectivity index is 2.11.